The first-order valence-electron chi connectivity index (χ1n) is 7.54. The number of rotatable bonds is 6. The zero-order valence-electron chi connectivity index (χ0n) is 13.6. The van der Waals surface area contributed by atoms with E-state index in [9.17, 15) is 14.0 Å². The standard InChI is InChI=1S/C18H19FN2O3/c1-3-21(14-7-5-4-6-8-14)17(22)12-20-16-11-13(18(23)24-2)9-10-15(16)19/h4-11,20H,3,12H2,1-2H3. The molecule has 1 amide bonds. The third-order valence-electron chi connectivity index (χ3n) is 3.50. The Morgan fingerprint density at radius 1 is 1.17 bits per heavy atom. The second-order valence-corrected chi connectivity index (χ2v) is 5.01. The summed E-state index contributed by atoms with van der Waals surface area (Å²) in [4.78, 5) is 25.5. The number of anilines is 2. The zero-order valence-corrected chi connectivity index (χ0v) is 13.6. The summed E-state index contributed by atoms with van der Waals surface area (Å²) in [6, 6.07) is 13.0. The van der Waals surface area contributed by atoms with E-state index >= 15 is 0 Å². The molecule has 0 fully saturated rings. The highest BCUT2D eigenvalue weighted by Gasteiger charge is 2.15. The van der Waals surface area contributed by atoms with Gasteiger partial charge in [-0.1, -0.05) is 18.2 Å². The third kappa shape index (κ3) is 4.10. The number of para-hydroxylation sites is 1. The van der Waals surface area contributed by atoms with Gasteiger partial charge in [0, 0.05) is 12.2 Å². The number of benzene rings is 2. The minimum absolute atomic E-state index is 0.0790. The molecule has 0 aliphatic rings. The molecule has 0 heterocycles. The molecule has 0 spiro atoms. The molecule has 0 unspecified atom stereocenters. The highest BCUT2D eigenvalue weighted by atomic mass is 19.1. The first-order valence-corrected chi connectivity index (χ1v) is 7.54. The van der Waals surface area contributed by atoms with E-state index in [4.69, 9.17) is 0 Å². The molecule has 0 radical (unpaired) electrons. The van der Waals surface area contributed by atoms with Gasteiger partial charge in [-0.15, -0.1) is 0 Å². The van der Waals surface area contributed by atoms with Crippen LogP contribution in [-0.4, -0.2) is 32.1 Å². The van der Waals surface area contributed by atoms with Crippen LogP contribution >= 0.6 is 0 Å². The summed E-state index contributed by atoms with van der Waals surface area (Å²) < 4.78 is 18.5. The highest BCUT2D eigenvalue weighted by Crippen LogP contribution is 2.18. The highest BCUT2D eigenvalue weighted by molar-refractivity contribution is 5.96. The van der Waals surface area contributed by atoms with Crippen LogP contribution < -0.4 is 10.2 Å². The van der Waals surface area contributed by atoms with Crippen molar-refractivity contribution in [1.82, 2.24) is 0 Å². The van der Waals surface area contributed by atoms with Gasteiger partial charge in [-0.05, 0) is 37.3 Å². The van der Waals surface area contributed by atoms with E-state index in [1.807, 2.05) is 37.3 Å². The summed E-state index contributed by atoms with van der Waals surface area (Å²) in [6.07, 6.45) is 0. The summed E-state index contributed by atoms with van der Waals surface area (Å²) in [6.45, 7) is 2.27. The number of ether oxygens (including phenoxy) is 1. The van der Waals surface area contributed by atoms with Crippen LogP contribution in [0.2, 0.25) is 0 Å². The van der Waals surface area contributed by atoms with Gasteiger partial charge < -0.3 is 15.0 Å². The minimum atomic E-state index is -0.566. The number of nitrogens with one attached hydrogen (secondary N) is 1. The Morgan fingerprint density at radius 2 is 1.88 bits per heavy atom. The van der Waals surface area contributed by atoms with Crippen molar-refractivity contribution in [2.75, 3.05) is 30.4 Å². The summed E-state index contributed by atoms with van der Waals surface area (Å²) in [5.41, 5.74) is 1.07. The van der Waals surface area contributed by atoms with E-state index in [0.717, 1.165) is 11.8 Å². The lowest BCUT2D eigenvalue weighted by atomic mass is 10.2. The molecule has 6 heteroatoms. The van der Waals surface area contributed by atoms with Crippen molar-refractivity contribution in [3.8, 4) is 0 Å². The third-order valence-corrected chi connectivity index (χ3v) is 3.50. The van der Waals surface area contributed by atoms with E-state index in [1.165, 1.54) is 19.2 Å². The van der Waals surface area contributed by atoms with Gasteiger partial charge in [0.05, 0.1) is 24.9 Å². The Morgan fingerprint density at radius 3 is 2.50 bits per heavy atom. The number of hydrogen-bond acceptors (Lipinski definition) is 4. The average molecular weight is 330 g/mol. The van der Waals surface area contributed by atoms with Gasteiger partial charge in [-0.3, -0.25) is 4.79 Å². The number of nitrogens with zero attached hydrogens (tertiary/aromatic N) is 1. The van der Waals surface area contributed by atoms with E-state index < -0.39 is 11.8 Å². The average Bonchev–Trinajstić information content (AvgIpc) is 2.62. The number of amides is 1. The lowest BCUT2D eigenvalue weighted by Crippen LogP contribution is -2.35. The molecule has 0 aliphatic heterocycles. The maximum atomic E-state index is 13.9. The fourth-order valence-electron chi connectivity index (χ4n) is 2.28. The van der Waals surface area contributed by atoms with Crippen LogP contribution in [-0.2, 0) is 9.53 Å². The smallest absolute Gasteiger partial charge is 0.337 e. The monoisotopic (exact) mass is 330 g/mol. The molecule has 0 saturated carbocycles. The van der Waals surface area contributed by atoms with Gasteiger partial charge in [-0.25, -0.2) is 9.18 Å². The van der Waals surface area contributed by atoms with Crippen LogP contribution in [0, 0.1) is 5.82 Å². The first-order chi connectivity index (χ1) is 11.6. The van der Waals surface area contributed by atoms with Crippen molar-refractivity contribution >= 4 is 23.3 Å². The Balaban J connectivity index is 2.09. The van der Waals surface area contributed by atoms with Crippen molar-refractivity contribution in [3.63, 3.8) is 0 Å². The lowest BCUT2D eigenvalue weighted by Gasteiger charge is -2.21. The number of hydrogen-bond donors (Lipinski definition) is 1. The molecule has 2 aromatic carbocycles. The molecule has 1 N–H and O–H groups in total. The Bertz CT molecular complexity index is 719. The second kappa shape index (κ2) is 8.10. The van der Waals surface area contributed by atoms with Crippen molar-refractivity contribution in [1.29, 1.82) is 0 Å². The Kier molecular flexibility index (Phi) is 5.89. The van der Waals surface area contributed by atoms with Crippen molar-refractivity contribution in [3.05, 3.63) is 59.9 Å². The normalized spacial score (nSPS) is 10.1. The first kappa shape index (κ1) is 17.5. The van der Waals surface area contributed by atoms with Gasteiger partial charge in [0.2, 0.25) is 5.91 Å². The van der Waals surface area contributed by atoms with Gasteiger partial charge >= 0.3 is 5.97 Å². The zero-order chi connectivity index (χ0) is 17.5. The van der Waals surface area contributed by atoms with Crippen molar-refractivity contribution in [2.45, 2.75) is 6.92 Å². The minimum Gasteiger partial charge on any atom is -0.465 e. The van der Waals surface area contributed by atoms with Crippen molar-refractivity contribution in [2.24, 2.45) is 0 Å². The maximum absolute atomic E-state index is 13.9. The molecule has 0 atom stereocenters. The topological polar surface area (TPSA) is 58.6 Å². The number of methoxy groups -OCH3 is 1. The number of carbonyl (C=O) groups excluding carboxylic acids is 2. The molecule has 2 rings (SSSR count). The van der Waals surface area contributed by atoms with Crippen LogP contribution in [0.4, 0.5) is 15.8 Å². The van der Waals surface area contributed by atoms with E-state index in [1.54, 1.807) is 4.90 Å². The molecule has 2 aromatic rings. The molecule has 0 saturated heterocycles. The van der Waals surface area contributed by atoms with Gasteiger partial charge in [0.1, 0.15) is 5.82 Å². The number of halogens is 1. The molecular formula is C18H19FN2O3. The van der Waals surface area contributed by atoms with Crippen LogP contribution in [0.3, 0.4) is 0 Å². The molecule has 0 bridgehead atoms. The Labute approximate surface area is 140 Å². The fourth-order valence-corrected chi connectivity index (χ4v) is 2.28. The molecule has 0 aromatic heterocycles. The summed E-state index contributed by atoms with van der Waals surface area (Å²) >= 11 is 0. The maximum Gasteiger partial charge on any atom is 0.337 e. The van der Waals surface area contributed by atoms with Crippen LogP contribution in [0.5, 0.6) is 0 Å². The predicted molar refractivity (Wildman–Crippen MR) is 90.7 cm³/mol. The Hall–Kier alpha value is -2.89. The molecule has 5 nitrogen and oxygen atoms in total. The van der Waals surface area contributed by atoms with E-state index in [2.05, 4.69) is 10.1 Å². The van der Waals surface area contributed by atoms with Gasteiger partial charge in [0.25, 0.3) is 0 Å². The quantitative estimate of drug-likeness (QED) is 0.827. The molecule has 0 aliphatic carbocycles. The van der Waals surface area contributed by atoms with Crippen LogP contribution in [0.25, 0.3) is 0 Å². The molecule has 126 valence electrons. The van der Waals surface area contributed by atoms with E-state index in [-0.39, 0.29) is 23.7 Å². The summed E-state index contributed by atoms with van der Waals surface area (Å²) in [7, 11) is 1.25. The van der Waals surface area contributed by atoms with Crippen molar-refractivity contribution < 1.29 is 18.7 Å². The second-order valence-electron chi connectivity index (χ2n) is 5.01. The van der Waals surface area contributed by atoms with Gasteiger partial charge in [0.15, 0.2) is 0 Å². The molecule has 24 heavy (non-hydrogen) atoms. The summed E-state index contributed by atoms with van der Waals surface area (Å²) in [5, 5.41) is 2.74. The SMILES string of the molecule is CCN(C(=O)CNc1cc(C(=O)OC)ccc1F)c1ccccc1. The largest absolute Gasteiger partial charge is 0.465 e. The number of likely N-dealkylation sites (N-methyl/N-ethyl adjacent to an activating group) is 1. The van der Waals surface area contributed by atoms with Crippen LogP contribution in [0.1, 0.15) is 17.3 Å². The van der Waals surface area contributed by atoms with Gasteiger partial charge in [-0.2, -0.15) is 0 Å². The van der Waals surface area contributed by atoms with Crippen LogP contribution in [0.15, 0.2) is 48.5 Å². The number of carbonyl (C=O) groups is 2. The lowest BCUT2D eigenvalue weighted by molar-refractivity contribution is -0.116. The fraction of sp³-hybridized carbons (Fsp3) is 0.222. The molecular weight excluding hydrogens is 311 g/mol. The predicted octanol–water partition coefficient (Wildman–Crippen LogP) is 3.08. The number of esters is 1. The van der Waals surface area contributed by atoms with E-state index in [0.29, 0.717) is 6.54 Å². The summed E-state index contributed by atoms with van der Waals surface area (Å²) in [5.74, 6) is -1.31.